The number of nitrogens with one attached hydrogen (secondary N) is 1. The third kappa shape index (κ3) is 3.28. The van der Waals surface area contributed by atoms with Crippen molar-refractivity contribution in [2.75, 3.05) is 33.4 Å². The van der Waals surface area contributed by atoms with E-state index in [4.69, 9.17) is 4.74 Å². The summed E-state index contributed by atoms with van der Waals surface area (Å²) in [6.07, 6.45) is 2.04. The van der Waals surface area contributed by atoms with Crippen LogP contribution in [0.2, 0.25) is 0 Å². The van der Waals surface area contributed by atoms with Gasteiger partial charge in [-0.15, -0.1) is 0 Å². The van der Waals surface area contributed by atoms with Gasteiger partial charge in [-0.05, 0) is 45.3 Å². The molecule has 0 aromatic heterocycles. The van der Waals surface area contributed by atoms with Gasteiger partial charge in [-0.25, -0.2) is 4.79 Å². The van der Waals surface area contributed by atoms with Crippen LogP contribution in [0.1, 0.15) is 38.3 Å². The van der Waals surface area contributed by atoms with E-state index in [0.29, 0.717) is 12.6 Å². The second kappa shape index (κ2) is 7.11. The number of ether oxygens (including phenoxy) is 1. The predicted octanol–water partition coefficient (Wildman–Crippen LogP) is 2.64. The summed E-state index contributed by atoms with van der Waals surface area (Å²) in [4.78, 5) is 17.4. The van der Waals surface area contributed by atoms with Gasteiger partial charge < -0.3 is 19.9 Å². The van der Waals surface area contributed by atoms with E-state index in [2.05, 4.69) is 48.3 Å². The van der Waals surface area contributed by atoms with Crippen LogP contribution in [0.25, 0.3) is 0 Å². The van der Waals surface area contributed by atoms with E-state index in [1.807, 2.05) is 11.0 Å². The lowest BCUT2D eigenvalue weighted by Crippen LogP contribution is -2.51. The van der Waals surface area contributed by atoms with Crippen LogP contribution in [0.15, 0.2) is 30.3 Å². The zero-order valence-corrected chi connectivity index (χ0v) is 15.0. The molecule has 0 unspecified atom stereocenters. The summed E-state index contributed by atoms with van der Waals surface area (Å²) in [6, 6.07) is 11.0. The molecule has 0 bridgehead atoms. The average Bonchev–Trinajstić information content (AvgIpc) is 2.94. The summed E-state index contributed by atoms with van der Waals surface area (Å²) in [7, 11) is 1.70. The Hall–Kier alpha value is -1.59. The standard InChI is InChI=1S/C19H29N3O2/c1-19(2,14-24-3)21-13-17(15-7-5-4-6-8-15)22(18(21)23)16-9-11-20-12-10-16/h4-8,16-17,20H,9-14H2,1-3H3/t17-/m0/s1. The third-order valence-electron chi connectivity index (χ3n) is 5.26. The van der Waals surface area contributed by atoms with Gasteiger partial charge >= 0.3 is 6.03 Å². The van der Waals surface area contributed by atoms with Crippen LogP contribution in [0, 0.1) is 0 Å². The SMILES string of the molecule is COCC(C)(C)N1C[C@@H](c2ccccc2)N(C2CCNCC2)C1=O. The molecule has 0 spiro atoms. The molecule has 2 aliphatic heterocycles. The fraction of sp³-hybridized carbons (Fsp3) is 0.632. The van der Waals surface area contributed by atoms with Crippen molar-refractivity contribution in [3.63, 3.8) is 0 Å². The molecule has 2 heterocycles. The van der Waals surface area contributed by atoms with Gasteiger partial charge in [0.1, 0.15) is 0 Å². The molecule has 2 saturated heterocycles. The number of amides is 2. The molecule has 24 heavy (non-hydrogen) atoms. The van der Waals surface area contributed by atoms with Gasteiger partial charge in [0.15, 0.2) is 0 Å². The van der Waals surface area contributed by atoms with Crippen molar-refractivity contribution < 1.29 is 9.53 Å². The molecule has 132 valence electrons. The van der Waals surface area contributed by atoms with Gasteiger partial charge in [0.25, 0.3) is 0 Å². The first kappa shape index (κ1) is 17.2. The molecule has 3 rings (SSSR count). The van der Waals surface area contributed by atoms with Crippen LogP contribution in [0.3, 0.4) is 0 Å². The van der Waals surface area contributed by atoms with E-state index < -0.39 is 0 Å². The van der Waals surface area contributed by atoms with Gasteiger partial charge in [-0.1, -0.05) is 30.3 Å². The zero-order valence-electron chi connectivity index (χ0n) is 15.0. The number of piperidine rings is 1. The van der Waals surface area contributed by atoms with Gasteiger partial charge in [-0.3, -0.25) is 0 Å². The van der Waals surface area contributed by atoms with Crippen LogP contribution in [-0.2, 0) is 4.74 Å². The third-order valence-corrected chi connectivity index (χ3v) is 5.26. The molecule has 2 aliphatic rings. The molecule has 0 saturated carbocycles. The van der Waals surface area contributed by atoms with Gasteiger partial charge in [0.05, 0.1) is 18.2 Å². The Balaban J connectivity index is 1.91. The Morgan fingerprint density at radius 3 is 2.50 bits per heavy atom. The Morgan fingerprint density at radius 2 is 1.88 bits per heavy atom. The maximum Gasteiger partial charge on any atom is 0.321 e. The summed E-state index contributed by atoms with van der Waals surface area (Å²) >= 11 is 0. The molecule has 0 aliphatic carbocycles. The number of carbonyl (C=O) groups is 1. The number of hydrogen-bond acceptors (Lipinski definition) is 3. The highest BCUT2D eigenvalue weighted by molar-refractivity contribution is 5.79. The van der Waals surface area contributed by atoms with E-state index in [1.165, 1.54) is 5.56 Å². The Morgan fingerprint density at radius 1 is 1.21 bits per heavy atom. The molecule has 2 fully saturated rings. The highest BCUT2D eigenvalue weighted by atomic mass is 16.5. The number of rotatable bonds is 5. The fourth-order valence-corrected chi connectivity index (χ4v) is 3.99. The first-order valence-corrected chi connectivity index (χ1v) is 8.89. The first-order chi connectivity index (χ1) is 11.5. The van der Waals surface area contributed by atoms with Crippen LogP contribution < -0.4 is 5.32 Å². The lowest BCUT2D eigenvalue weighted by molar-refractivity contribution is 0.0624. The fourth-order valence-electron chi connectivity index (χ4n) is 3.99. The van der Waals surface area contributed by atoms with Crippen molar-refractivity contribution in [3.8, 4) is 0 Å². The molecule has 2 amide bonds. The molecular formula is C19H29N3O2. The maximum atomic E-state index is 13.3. The highest BCUT2D eigenvalue weighted by Gasteiger charge is 2.47. The average molecular weight is 331 g/mol. The molecule has 5 nitrogen and oxygen atoms in total. The van der Waals surface area contributed by atoms with Crippen molar-refractivity contribution in [1.82, 2.24) is 15.1 Å². The van der Waals surface area contributed by atoms with E-state index in [1.54, 1.807) is 7.11 Å². The van der Waals surface area contributed by atoms with Gasteiger partial charge in [0, 0.05) is 19.7 Å². The number of hydrogen-bond donors (Lipinski definition) is 1. The van der Waals surface area contributed by atoms with E-state index in [9.17, 15) is 4.79 Å². The highest BCUT2D eigenvalue weighted by Crippen LogP contribution is 2.37. The minimum Gasteiger partial charge on any atom is -0.382 e. The Labute approximate surface area is 145 Å². The van der Waals surface area contributed by atoms with Gasteiger partial charge in [-0.2, -0.15) is 0 Å². The molecule has 1 aromatic carbocycles. The molecule has 1 N–H and O–H groups in total. The summed E-state index contributed by atoms with van der Waals surface area (Å²) in [5, 5.41) is 3.40. The van der Waals surface area contributed by atoms with Crippen molar-refractivity contribution in [2.24, 2.45) is 0 Å². The van der Waals surface area contributed by atoms with Crippen LogP contribution in [-0.4, -0.2) is 60.8 Å². The molecule has 0 radical (unpaired) electrons. The quantitative estimate of drug-likeness (QED) is 0.902. The normalized spacial score (nSPS) is 23.1. The smallest absolute Gasteiger partial charge is 0.321 e. The number of carbonyl (C=O) groups excluding carboxylic acids is 1. The molecule has 1 atom stereocenters. The number of methoxy groups -OCH3 is 1. The topological polar surface area (TPSA) is 44.8 Å². The van der Waals surface area contributed by atoms with Crippen LogP contribution >= 0.6 is 0 Å². The summed E-state index contributed by atoms with van der Waals surface area (Å²) in [5.41, 5.74) is 0.917. The number of benzene rings is 1. The minimum absolute atomic E-state index is 0.123. The lowest BCUT2D eigenvalue weighted by atomic mass is 10.00. The number of nitrogens with zero attached hydrogens (tertiary/aromatic N) is 2. The summed E-state index contributed by atoms with van der Waals surface area (Å²) < 4.78 is 5.37. The van der Waals surface area contributed by atoms with Crippen LogP contribution in [0.4, 0.5) is 4.79 Å². The van der Waals surface area contributed by atoms with E-state index in [-0.39, 0.29) is 17.6 Å². The Kier molecular flexibility index (Phi) is 5.11. The maximum absolute atomic E-state index is 13.3. The minimum atomic E-state index is -0.305. The Bertz CT molecular complexity index is 555. The molecule has 1 aromatic rings. The lowest BCUT2D eigenvalue weighted by Gasteiger charge is -2.37. The molecule has 5 heteroatoms. The largest absolute Gasteiger partial charge is 0.382 e. The van der Waals surface area contributed by atoms with Crippen molar-refractivity contribution in [1.29, 1.82) is 0 Å². The van der Waals surface area contributed by atoms with Gasteiger partial charge in [0.2, 0.25) is 0 Å². The first-order valence-electron chi connectivity index (χ1n) is 8.89. The predicted molar refractivity (Wildman–Crippen MR) is 95.0 cm³/mol. The number of urea groups is 1. The summed E-state index contributed by atoms with van der Waals surface area (Å²) in [6.45, 7) is 7.41. The van der Waals surface area contributed by atoms with E-state index >= 15 is 0 Å². The monoisotopic (exact) mass is 331 g/mol. The van der Waals surface area contributed by atoms with Crippen molar-refractivity contribution >= 4 is 6.03 Å². The van der Waals surface area contributed by atoms with Crippen molar-refractivity contribution in [2.45, 2.75) is 44.3 Å². The molecular weight excluding hydrogens is 302 g/mol. The zero-order chi connectivity index (χ0) is 17.2. The van der Waals surface area contributed by atoms with E-state index in [0.717, 1.165) is 32.5 Å². The van der Waals surface area contributed by atoms with Crippen molar-refractivity contribution in [3.05, 3.63) is 35.9 Å². The summed E-state index contributed by atoms with van der Waals surface area (Å²) in [5.74, 6) is 0. The second-order valence-electron chi connectivity index (χ2n) is 7.45. The second-order valence-corrected chi connectivity index (χ2v) is 7.45. The van der Waals surface area contributed by atoms with Crippen LogP contribution in [0.5, 0.6) is 0 Å².